The van der Waals surface area contributed by atoms with Gasteiger partial charge in [-0.25, -0.2) is 4.79 Å². The van der Waals surface area contributed by atoms with Gasteiger partial charge in [0.2, 0.25) is 0 Å². The van der Waals surface area contributed by atoms with Crippen LogP contribution in [-0.4, -0.2) is 11.1 Å². The van der Waals surface area contributed by atoms with E-state index >= 15 is 0 Å². The summed E-state index contributed by atoms with van der Waals surface area (Å²) in [6.07, 6.45) is 1.50. The van der Waals surface area contributed by atoms with Crippen LogP contribution in [0.5, 0.6) is 0 Å². The zero-order chi connectivity index (χ0) is 13.9. The fraction of sp³-hybridized carbons (Fsp3) is 0. The van der Waals surface area contributed by atoms with E-state index in [1.807, 2.05) is 60.7 Å². The topological polar surface area (TPSA) is 50.4 Å². The van der Waals surface area contributed by atoms with Gasteiger partial charge in [0.25, 0.3) is 0 Å². The summed E-state index contributed by atoms with van der Waals surface area (Å²) in [6, 6.07) is 18.6. The normalized spacial score (nSPS) is 10.4. The molecule has 0 atom stereocenters. The minimum Gasteiger partial charge on any atom is -0.478 e. The van der Waals surface area contributed by atoms with E-state index in [-0.39, 0.29) is 5.56 Å². The van der Waals surface area contributed by atoms with Gasteiger partial charge in [0.15, 0.2) is 0 Å². The molecular formula is C17H12O3. The first-order valence-electron chi connectivity index (χ1n) is 6.23. The molecule has 0 aliphatic heterocycles. The zero-order valence-corrected chi connectivity index (χ0v) is 10.6. The molecule has 0 bridgehead atoms. The van der Waals surface area contributed by atoms with E-state index in [1.54, 1.807) is 0 Å². The SMILES string of the molecule is O=C(O)c1c(-c2ccccc2)coc1-c1ccccc1. The van der Waals surface area contributed by atoms with Gasteiger partial charge >= 0.3 is 5.97 Å². The highest BCUT2D eigenvalue weighted by molar-refractivity contribution is 6.01. The average Bonchev–Trinajstić information content (AvgIpc) is 2.94. The van der Waals surface area contributed by atoms with E-state index in [9.17, 15) is 9.90 Å². The molecule has 0 amide bonds. The van der Waals surface area contributed by atoms with E-state index in [0.29, 0.717) is 11.3 Å². The van der Waals surface area contributed by atoms with Crippen LogP contribution in [0.4, 0.5) is 0 Å². The largest absolute Gasteiger partial charge is 0.478 e. The Labute approximate surface area is 116 Å². The van der Waals surface area contributed by atoms with Crippen LogP contribution >= 0.6 is 0 Å². The lowest BCUT2D eigenvalue weighted by Gasteiger charge is -2.02. The van der Waals surface area contributed by atoms with Gasteiger partial charge in [-0.2, -0.15) is 0 Å². The molecule has 2 aromatic carbocycles. The number of aromatic carboxylic acids is 1. The number of hydrogen-bond acceptors (Lipinski definition) is 2. The molecule has 1 aromatic heterocycles. The number of hydrogen-bond donors (Lipinski definition) is 1. The van der Waals surface area contributed by atoms with Crippen molar-refractivity contribution in [3.63, 3.8) is 0 Å². The molecule has 0 aliphatic rings. The summed E-state index contributed by atoms with van der Waals surface area (Å²) in [6.45, 7) is 0. The van der Waals surface area contributed by atoms with Gasteiger partial charge in [-0.1, -0.05) is 60.7 Å². The third-order valence-electron chi connectivity index (χ3n) is 3.13. The van der Waals surface area contributed by atoms with Gasteiger partial charge < -0.3 is 9.52 Å². The van der Waals surface area contributed by atoms with Crippen molar-refractivity contribution in [1.82, 2.24) is 0 Å². The van der Waals surface area contributed by atoms with Crippen molar-refractivity contribution < 1.29 is 14.3 Å². The molecule has 0 saturated heterocycles. The minimum atomic E-state index is -0.989. The molecule has 0 fully saturated rings. The van der Waals surface area contributed by atoms with Crippen LogP contribution in [0.1, 0.15) is 10.4 Å². The van der Waals surface area contributed by atoms with Crippen LogP contribution < -0.4 is 0 Å². The summed E-state index contributed by atoms with van der Waals surface area (Å²) in [5, 5.41) is 9.50. The highest BCUT2D eigenvalue weighted by atomic mass is 16.4. The number of benzene rings is 2. The molecule has 0 aliphatic carbocycles. The maximum atomic E-state index is 11.6. The highest BCUT2D eigenvalue weighted by Crippen LogP contribution is 2.34. The Kier molecular flexibility index (Phi) is 3.09. The smallest absolute Gasteiger partial charge is 0.340 e. The minimum absolute atomic E-state index is 0.197. The third-order valence-corrected chi connectivity index (χ3v) is 3.13. The van der Waals surface area contributed by atoms with E-state index in [4.69, 9.17) is 4.42 Å². The quantitative estimate of drug-likeness (QED) is 0.766. The molecule has 98 valence electrons. The second-order valence-corrected chi connectivity index (χ2v) is 4.39. The Balaban J connectivity index is 2.20. The fourth-order valence-corrected chi connectivity index (χ4v) is 2.20. The molecule has 0 spiro atoms. The Hall–Kier alpha value is -2.81. The van der Waals surface area contributed by atoms with Crippen molar-refractivity contribution in [2.45, 2.75) is 0 Å². The van der Waals surface area contributed by atoms with E-state index in [1.165, 1.54) is 6.26 Å². The summed E-state index contributed by atoms with van der Waals surface area (Å²) in [7, 11) is 0. The summed E-state index contributed by atoms with van der Waals surface area (Å²) in [5.41, 5.74) is 2.38. The summed E-state index contributed by atoms with van der Waals surface area (Å²) in [4.78, 5) is 11.6. The monoisotopic (exact) mass is 264 g/mol. The summed E-state index contributed by atoms with van der Waals surface area (Å²) in [5.74, 6) is -0.603. The first-order chi connectivity index (χ1) is 9.77. The number of furan rings is 1. The molecule has 0 radical (unpaired) electrons. The standard InChI is InChI=1S/C17H12O3/c18-17(19)15-14(12-7-3-1-4-8-12)11-20-16(15)13-9-5-2-6-10-13/h1-11H,(H,18,19). The van der Waals surface area contributed by atoms with Crippen molar-refractivity contribution in [3.05, 3.63) is 72.5 Å². The maximum Gasteiger partial charge on any atom is 0.340 e. The molecule has 3 heteroatoms. The molecule has 3 aromatic rings. The first kappa shape index (κ1) is 12.2. The summed E-state index contributed by atoms with van der Waals surface area (Å²) < 4.78 is 5.52. The van der Waals surface area contributed by atoms with Crippen molar-refractivity contribution in [3.8, 4) is 22.5 Å². The molecule has 20 heavy (non-hydrogen) atoms. The van der Waals surface area contributed by atoms with Gasteiger partial charge in [-0.15, -0.1) is 0 Å². The molecule has 0 saturated carbocycles. The Morgan fingerprint density at radius 1 is 0.850 bits per heavy atom. The maximum absolute atomic E-state index is 11.6. The van der Waals surface area contributed by atoms with Crippen LogP contribution in [0, 0.1) is 0 Å². The number of carboxylic acids is 1. The molecule has 1 heterocycles. The van der Waals surface area contributed by atoms with E-state index < -0.39 is 5.97 Å². The third kappa shape index (κ3) is 2.10. The number of rotatable bonds is 3. The molecular weight excluding hydrogens is 252 g/mol. The van der Waals surface area contributed by atoms with Gasteiger partial charge in [0, 0.05) is 11.1 Å². The van der Waals surface area contributed by atoms with Crippen LogP contribution in [0.15, 0.2) is 71.3 Å². The van der Waals surface area contributed by atoms with Gasteiger partial charge in [0.05, 0.1) is 6.26 Å². The van der Waals surface area contributed by atoms with Gasteiger partial charge in [0.1, 0.15) is 11.3 Å². The Morgan fingerprint density at radius 3 is 1.95 bits per heavy atom. The predicted molar refractivity (Wildman–Crippen MR) is 76.5 cm³/mol. The number of carbonyl (C=O) groups is 1. The first-order valence-corrected chi connectivity index (χ1v) is 6.23. The average molecular weight is 264 g/mol. The number of carboxylic acid groups (broad SMARTS) is 1. The Bertz CT molecular complexity index is 670. The lowest BCUT2D eigenvalue weighted by atomic mass is 10.0. The van der Waals surface area contributed by atoms with Crippen molar-refractivity contribution in [2.24, 2.45) is 0 Å². The fourth-order valence-electron chi connectivity index (χ4n) is 2.20. The second-order valence-electron chi connectivity index (χ2n) is 4.39. The van der Waals surface area contributed by atoms with Crippen LogP contribution in [0.2, 0.25) is 0 Å². The van der Waals surface area contributed by atoms with Crippen molar-refractivity contribution in [1.29, 1.82) is 0 Å². The highest BCUT2D eigenvalue weighted by Gasteiger charge is 2.22. The van der Waals surface area contributed by atoms with Gasteiger partial charge in [-0.3, -0.25) is 0 Å². The Morgan fingerprint density at radius 2 is 1.40 bits per heavy atom. The zero-order valence-electron chi connectivity index (χ0n) is 10.6. The molecule has 1 N–H and O–H groups in total. The van der Waals surface area contributed by atoms with Crippen molar-refractivity contribution in [2.75, 3.05) is 0 Å². The summed E-state index contributed by atoms with van der Waals surface area (Å²) >= 11 is 0. The van der Waals surface area contributed by atoms with Crippen LogP contribution in [0.25, 0.3) is 22.5 Å². The van der Waals surface area contributed by atoms with Crippen LogP contribution in [0.3, 0.4) is 0 Å². The predicted octanol–water partition coefficient (Wildman–Crippen LogP) is 4.31. The van der Waals surface area contributed by atoms with Crippen LogP contribution in [-0.2, 0) is 0 Å². The van der Waals surface area contributed by atoms with E-state index in [2.05, 4.69) is 0 Å². The lowest BCUT2D eigenvalue weighted by Crippen LogP contribution is -1.98. The van der Waals surface area contributed by atoms with Crippen molar-refractivity contribution >= 4 is 5.97 Å². The lowest BCUT2D eigenvalue weighted by molar-refractivity contribution is 0.0698. The molecule has 3 rings (SSSR count). The molecule has 3 nitrogen and oxygen atoms in total. The van der Waals surface area contributed by atoms with Gasteiger partial charge in [-0.05, 0) is 5.56 Å². The second kappa shape index (κ2) is 5.05. The van der Waals surface area contributed by atoms with E-state index in [0.717, 1.165) is 11.1 Å². The molecule has 0 unspecified atom stereocenters.